The van der Waals surface area contributed by atoms with E-state index in [1.165, 1.54) is 0 Å². The van der Waals surface area contributed by atoms with Gasteiger partial charge in [-0.15, -0.1) is 0 Å². The van der Waals surface area contributed by atoms with Crippen molar-refractivity contribution in [2.75, 3.05) is 4.41 Å². The number of hydrogen-bond donors (Lipinski definition) is 2. The molecule has 0 radical (unpaired) electrons. The number of hydrogen-bond acceptors (Lipinski definition) is 3. The number of benzene rings is 1. The van der Waals surface area contributed by atoms with Crippen LogP contribution < -0.4 is 10.3 Å². The van der Waals surface area contributed by atoms with E-state index in [4.69, 9.17) is 5.84 Å². The van der Waals surface area contributed by atoms with Crippen molar-refractivity contribution in [3.63, 3.8) is 0 Å². The van der Waals surface area contributed by atoms with Gasteiger partial charge in [0.2, 0.25) is 10.9 Å². The fourth-order valence-electron chi connectivity index (χ4n) is 0.675. The number of anilines is 1. The standard InChI is InChI=1S/C6H8N2O2S/c7-8(11(9)10)6-4-2-1-3-5-6/h1-5,11H,7H2. The lowest BCUT2D eigenvalue weighted by Gasteiger charge is -2.08. The van der Waals surface area contributed by atoms with Crippen LogP contribution in [0.5, 0.6) is 0 Å². The van der Waals surface area contributed by atoms with Gasteiger partial charge in [0.15, 0.2) is 0 Å². The van der Waals surface area contributed by atoms with Gasteiger partial charge in [-0.2, -0.15) is 0 Å². The lowest BCUT2D eigenvalue weighted by atomic mass is 10.3. The molecule has 1 aromatic carbocycles. The summed E-state index contributed by atoms with van der Waals surface area (Å²) in [4.78, 5) is 0. The summed E-state index contributed by atoms with van der Waals surface area (Å²) in [7, 11) is -2.73. The van der Waals surface area contributed by atoms with Gasteiger partial charge in [0.05, 0.1) is 5.69 Å². The Hall–Kier alpha value is -1.07. The molecule has 4 nitrogen and oxygen atoms in total. The smallest absolute Gasteiger partial charge is 0.234 e. The Morgan fingerprint density at radius 3 is 2.18 bits per heavy atom. The zero-order valence-corrected chi connectivity index (χ0v) is 6.57. The van der Waals surface area contributed by atoms with Crippen LogP contribution in [-0.2, 0) is 10.9 Å². The van der Waals surface area contributed by atoms with Gasteiger partial charge in [0.1, 0.15) is 0 Å². The van der Waals surface area contributed by atoms with Crippen molar-refractivity contribution in [1.29, 1.82) is 0 Å². The molecule has 0 fully saturated rings. The molecule has 0 spiro atoms. The number of hydrazine groups is 1. The van der Waals surface area contributed by atoms with Crippen LogP contribution in [0, 0.1) is 0 Å². The first-order valence-electron chi connectivity index (χ1n) is 2.96. The summed E-state index contributed by atoms with van der Waals surface area (Å²) in [6, 6.07) is 8.45. The van der Waals surface area contributed by atoms with Crippen LogP contribution in [0.25, 0.3) is 0 Å². The average molecular weight is 172 g/mol. The fourth-order valence-corrected chi connectivity index (χ4v) is 0.997. The van der Waals surface area contributed by atoms with Crippen LogP contribution in [0.1, 0.15) is 0 Å². The Labute approximate surface area is 66.3 Å². The van der Waals surface area contributed by atoms with E-state index < -0.39 is 10.9 Å². The van der Waals surface area contributed by atoms with E-state index in [-0.39, 0.29) is 0 Å². The molecule has 60 valence electrons. The molecule has 2 N–H and O–H groups in total. The second kappa shape index (κ2) is 3.36. The Morgan fingerprint density at radius 1 is 1.18 bits per heavy atom. The predicted molar refractivity (Wildman–Crippen MR) is 43.4 cm³/mol. The van der Waals surface area contributed by atoms with Crippen LogP contribution >= 0.6 is 0 Å². The van der Waals surface area contributed by atoms with Gasteiger partial charge in [-0.1, -0.05) is 18.2 Å². The molecule has 0 atom stereocenters. The molecule has 0 aromatic heterocycles. The largest absolute Gasteiger partial charge is 0.238 e. The number of rotatable bonds is 2. The van der Waals surface area contributed by atoms with Crippen LogP contribution in [0.3, 0.4) is 0 Å². The molecule has 1 rings (SSSR count). The van der Waals surface area contributed by atoms with E-state index in [9.17, 15) is 8.42 Å². The summed E-state index contributed by atoms with van der Waals surface area (Å²) in [5, 5.41) is 0. The quantitative estimate of drug-likeness (QED) is 0.372. The molecule has 0 amide bonds. The Kier molecular flexibility index (Phi) is 2.45. The molecule has 0 bridgehead atoms. The van der Waals surface area contributed by atoms with Crippen LogP contribution in [0.15, 0.2) is 30.3 Å². The van der Waals surface area contributed by atoms with Gasteiger partial charge >= 0.3 is 0 Å². The first kappa shape index (κ1) is 8.03. The first-order valence-corrected chi connectivity index (χ1v) is 4.09. The molecule has 0 saturated carbocycles. The van der Waals surface area contributed by atoms with Crippen molar-refractivity contribution in [3.8, 4) is 0 Å². The highest BCUT2D eigenvalue weighted by Crippen LogP contribution is 2.07. The zero-order chi connectivity index (χ0) is 8.27. The van der Waals surface area contributed by atoms with Gasteiger partial charge in [0, 0.05) is 0 Å². The third-order valence-corrected chi connectivity index (χ3v) is 1.78. The topological polar surface area (TPSA) is 63.4 Å². The van der Waals surface area contributed by atoms with E-state index in [2.05, 4.69) is 0 Å². The van der Waals surface area contributed by atoms with E-state index >= 15 is 0 Å². The molecule has 1 aromatic rings. The number of para-hydroxylation sites is 1. The third kappa shape index (κ3) is 1.92. The first-order chi connectivity index (χ1) is 5.22. The predicted octanol–water partition coefficient (Wildman–Crippen LogP) is -0.107. The van der Waals surface area contributed by atoms with Gasteiger partial charge in [-0.25, -0.2) is 18.7 Å². The molecular formula is C6H8N2O2S. The maximum atomic E-state index is 10.3. The van der Waals surface area contributed by atoms with E-state index in [0.29, 0.717) is 10.1 Å². The van der Waals surface area contributed by atoms with Crippen molar-refractivity contribution in [2.45, 2.75) is 0 Å². The highest BCUT2D eigenvalue weighted by Gasteiger charge is 1.99. The van der Waals surface area contributed by atoms with Crippen molar-refractivity contribution in [3.05, 3.63) is 30.3 Å². The maximum Gasteiger partial charge on any atom is 0.238 e. The molecular weight excluding hydrogens is 164 g/mol. The van der Waals surface area contributed by atoms with Gasteiger partial charge in [0.25, 0.3) is 0 Å². The van der Waals surface area contributed by atoms with E-state index in [0.717, 1.165) is 0 Å². The zero-order valence-electron chi connectivity index (χ0n) is 5.68. The van der Waals surface area contributed by atoms with Gasteiger partial charge in [-0.05, 0) is 12.1 Å². The SMILES string of the molecule is NN(c1ccccc1)[SH](=O)=O. The summed E-state index contributed by atoms with van der Waals surface area (Å²) in [6.07, 6.45) is 0. The minimum atomic E-state index is -2.73. The van der Waals surface area contributed by atoms with Crippen LogP contribution in [0.4, 0.5) is 5.69 Å². The summed E-state index contributed by atoms with van der Waals surface area (Å²) in [5.41, 5.74) is 0.462. The van der Waals surface area contributed by atoms with Gasteiger partial charge < -0.3 is 0 Å². The maximum absolute atomic E-state index is 10.3. The van der Waals surface area contributed by atoms with Crippen molar-refractivity contribution in [2.24, 2.45) is 5.84 Å². The second-order valence-corrected chi connectivity index (χ2v) is 2.82. The highest BCUT2D eigenvalue weighted by molar-refractivity contribution is 7.73. The third-order valence-electron chi connectivity index (χ3n) is 1.20. The van der Waals surface area contributed by atoms with Crippen LogP contribution in [0.2, 0.25) is 0 Å². The average Bonchev–Trinajstić information content (AvgIpc) is 2.05. The fraction of sp³-hybridized carbons (Fsp3) is 0. The van der Waals surface area contributed by atoms with E-state index in [1.54, 1.807) is 30.3 Å². The lowest BCUT2D eigenvalue weighted by molar-refractivity contribution is 0.611. The van der Waals surface area contributed by atoms with Crippen molar-refractivity contribution < 1.29 is 8.42 Å². The van der Waals surface area contributed by atoms with E-state index in [1.807, 2.05) is 0 Å². The van der Waals surface area contributed by atoms with Gasteiger partial charge in [-0.3, -0.25) is 0 Å². The highest BCUT2D eigenvalue weighted by atomic mass is 32.2. The van der Waals surface area contributed by atoms with Crippen molar-refractivity contribution in [1.82, 2.24) is 0 Å². The summed E-state index contributed by atoms with van der Waals surface area (Å²) >= 11 is 0. The normalized spacial score (nSPS) is 10.0. The lowest BCUT2D eigenvalue weighted by Crippen LogP contribution is -2.28. The molecule has 0 aliphatic carbocycles. The monoisotopic (exact) mass is 172 g/mol. The summed E-state index contributed by atoms with van der Waals surface area (Å²) in [6.45, 7) is 0. The number of nitrogens with two attached hydrogens (primary N) is 1. The second-order valence-electron chi connectivity index (χ2n) is 1.92. The Morgan fingerprint density at radius 2 is 1.73 bits per heavy atom. The molecule has 0 unspecified atom stereocenters. The molecule has 11 heavy (non-hydrogen) atoms. The number of nitrogens with zero attached hydrogens (tertiary/aromatic N) is 1. The summed E-state index contributed by atoms with van der Waals surface area (Å²) < 4.78 is 21.4. The summed E-state index contributed by atoms with van der Waals surface area (Å²) in [5.74, 6) is 5.17. The van der Waals surface area contributed by atoms with Crippen molar-refractivity contribution >= 4 is 16.6 Å². The molecule has 0 heterocycles. The molecule has 0 aliphatic heterocycles. The Balaban J connectivity index is 2.94. The van der Waals surface area contributed by atoms with Crippen LogP contribution in [-0.4, -0.2) is 8.42 Å². The number of thiol groups is 1. The molecule has 5 heteroatoms. The molecule has 0 aliphatic rings. The molecule has 0 saturated heterocycles. The minimum Gasteiger partial charge on any atom is -0.234 e. The Bertz CT molecular complexity index is 289. The minimum absolute atomic E-state index is 0.462.